The van der Waals surface area contributed by atoms with Crippen LogP contribution in [-0.4, -0.2) is 47.5 Å². The van der Waals surface area contributed by atoms with Gasteiger partial charge in [-0.1, -0.05) is 0 Å². The summed E-state index contributed by atoms with van der Waals surface area (Å²) >= 11 is 0. The van der Waals surface area contributed by atoms with Crippen molar-refractivity contribution in [1.29, 1.82) is 0 Å². The van der Waals surface area contributed by atoms with Crippen molar-refractivity contribution in [2.45, 2.75) is 12.8 Å². The Kier molecular flexibility index (Phi) is 4.17. The number of H-pyrrole nitrogens is 1. The number of benzene rings is 1. The van der Waals surface area contributed by atoms with Crippen LogP contribution in [0.1, 0.15) is 12.0 Å². The van der Waals surface area contributed by atoms with E-state index in [4.69, 9.17) is 0 Å². The van der Waals surface area contributed by atoms with Crippen LogP contribution < -0.4 is 5.32 Å². The van der Waals surface area contributed by atoms with Crippen molar-refractivity contribution < 1.29 is 4.92 Å². The number of nitro groups is 1. The molecule has 1 aliphatic rings. The fraction of sp³-hybridized carbons (Fsp3) is 0.467. The van der Waals surface area contributed by atoms with E-state index in [1.165, 1.54) is 5.56 Å². The topological polar surface area (TPSA) is 74.2 Å². The maximum Gasteiger partial charge on any atom is 0.270 e. The minimum absolute atomic E-state index is 0.158. The van der Waals surface area contributed by atoms with Gasteiger partial charge in [0.05, 0.1) is 4.92 Å². The first kappa shape index (κ1) is 14.0. The monoisotopic (exact) mass is 288 g/mol. The van der Waals surface area contributed by atoms with E-state index in [9.17, 15) is 10.1 Å². The molecule has 1 aromatic carbocycles. The van der Waals surface area contributed by atoms with E-state index in [0.717, 1.165) is 56.5 Å². The maximum absolute atomic E-state index is 10.9. The van der Waals surface area contributed by atoms with Crippen molar-refractivity contribution in [1.82, 2.24) is 15.2 Å². The SMILES string of the molecule is O=[N+]([O-])c1ccc2[nH]cc(CCCN3CCNCC3)c2c1. The van der Waals surface area contributed by atoms with Gasteiger partial charge in [0.1, 0.15) is 0 Å². The summed E-state index contributed by atoms with van der Waals surface area (Å²) in [6.07, 6.45) is 4.01. The average molecular weight is 288 g/mol. The van der Waals surface area contributed by atoms with Crippen molar-refractivity contribution in [2.75, 3.05) is 32.7 Å². The molecule has 2 heterocycles. The summed E-state index contributed by atoms with van der Waals surface area (Å²) in [5.74, 6) is 0. The summed E-state index contributed by atoms with van der Waals surface area (Å²) in [5, 5.41) is 15.2. The summed E-state index contributed by atoms with van der Waals surface area (Å²) in [6, 6.07) is 5.00. The largest absolute Gasteiger partial charge is 0.361 e. The van der Waals surface area contributed by atoms with Crippen LogP contribution in [0.4, 0.5) is 5.69 Å². The van der Waals surface area contributed by atoms with Crippen molar-refractivity contribution >= 4 is 16.6 Å². The number of aryl methyl sites for hydroxylation is 1. The van der Waals surface area contributed by atoms with Crippen LogP contribution in [0, 0.1) is 10.1 Å². The molecule has 0 spiro atoms. The number of hydrogen-bond donors (Lipinski definition) is 2. The highest BCUT2D eigenvalue weighted by molar-refractivity contribution is 5.85. The van der Waals surface area contributed by atoms with Crippen LogP contribution in [-0.2, 0) is 6.42 Å². The number of hydrogen-bond acceptors (Lipinski definition) is 4. The molecule has 2 aromatic rings. The molecule has 2 N–H and O–H groups in total. The standard InChI is InChI=1S/C15H20N4O2/c20-19(21)13-3-4-15-14(10-13)12(11-17-15)2-1-7-18-8-5-16-6-9-18/h3-4,10-11,16-17H,1-2,5-9H2. The number of aromatic amines is 1. The summed E-state index contributed by atoms with van der Waals surface area (Å²) in [7, 11) is 0. The van der Waals surface area contributed by atoms with Gasteiger partial charge in [-0.05, 0) is 31.0 Å². The van der Waals surface area contributed by atoms with E-state index < -0.39 is 0 Å². The molecule has 1 aromatic heterocycles. The van der Waals surface area contributed by atoms with E-state index in [-0.39, 0.29) is 10.6 Å². The predicted molar refractivity (Wildman–Crippen MR) is 82.6 cm³/mol. The van der Waals surface area contributed by atoms with Gasteiger partial charge in [-0.3, -0.25) is 10.1 Å². The lowest BCUT2D eigenvalue weighted by atomic mass is 10.1. The normalized spacial score (nSPS) is 16.4. The second-order valence-corrected chi connectivity index (χ2v) is 5.50. The Morgan fingerprint density at radius 3 is 2.86 bits per heavy atom. The first-order valence-electron chi connectivity index (χ1n) is 7.41. The zero-order valence-electron chi connectivity index (χ0n) is 12.0. The molecule has 112 valence electrons. The van der Waals surface area contributed by atoms with Crippen LogP contribution in [0.2, 0.25) is 0 Å². The van der Waals surface area contributed by atoms with E-state index in [1.807, 2.05) is 6.20 Å². The first-order valence-corrected chi connectivity index (χ1v) is 7.41. The third-order valence-electron chi connectivity index (χ3n) is 4.09. The van der Waals surface area contributed by atoms with Crippen LogP contribution in [0.15, 0.2) is 24.4 Å². The minimum Gasteiger partial charge on any atom is -0.361 e. The van der Waals surface area contributed by atoms with Gasteiger partial charge in [0, 0.05) is 55.4 Å². The zero-order valence-corrected chi connectivity index (χ0v) is 12.0. The van der Waals surface area contributed by atoms with Crippen LogP contribution in [0.3, 0.4) is 0 Å². The molecule has 0 bridgehead atoms. The Morgan fingerprint density at radius 2 is 2.10 bits per heavy atom. The van der Waals surface area contributed by atoms with E-state index in [2.05, 4.69) is 15.2 Å². The van der Waals surface area contributed by atoms with Crippen LogP contribution in [0.25, 0.3) is 10.9 Å². The number of piperazine rings is 1. The Morgan fingerprint density at radius 1 is 1.29 bits per heavy atom. The lowest BCUT2D eigenvalue weighted by Gasteiger charge is -2.26. The highest BCUT2D eigenvalue weighted by Gasteiger charge is 2.12. The molecular formula is C15H20N4O2. The molecule has 0 amide bonds. The minimum atomic E-state index is -0.336. The van der Waals surface area contributed by atoms with Crippen LogP contribution in [0.5, 0.6) is 0 Å². The van der Waals surface area contributed by atoms with Gasteiger partial charge in [-0.15, -0.1) is 0 Å². The highest BCUT2D eigenvalue weighted by Crippen LogP contribution is 2.24. The summed E-state index contributed by atoms with van der Waals surface area (Å²) in [4.78, 5) is 16.2. The lowest BCUT2D eigenvalue weighted by molar-refractivity contribution is -0.384. The second-order valence-electron chi connectivity index (χ2n) is 5.50. The Hall–Kier alpha value is -1.92. The van der Waals surface area contributed by atoms with Gasteiger partial charge in [-0.2, -0.15) is 0 Å². The molecule has 3 rings (SSSR count). The van der Waals surface area contributed by atoms with Crippen molar-refractivity contribution in [3.8, 4) is 0 Å². The quantitative estimate of drug-likeness (QED) is 0.651. The molecular weight excluding hydrogens is 268 g/mol. The van der Waals surface area contributed by atoms with Gasteiger partial charge in [0.25, 0.3) is 5.69 Å². The lowest BCUT2D eigenvalue weighted by Crippen LogP contribution is -2.43. The Labute approximate surface area is 123 Å². The average Bonchev–Trinajstić information content (AvgIpc) is 2.91. The van der Waals surface area contributed by atoms with E-state index in [0.29, 0.717) is 0 Å². The van der Waals surface area contributed by atoms with Gasteiger partial charge >= 0.3 is 0 Å². The van der Waals surface area contributed by atoms with Crippen molar-refractivity contribution in [3.05, 3.63) is 40.1 Å². The first-order chi connectivity index (χ1) is 10.2. The molecule has 0 radical (unpaired) electrons. The molecule has 0 saturated carbocycles. The Bertz CT molecular complexity index is 632. The summed E-state index contributed by atoms with van der Waals surface area (Å²) < 4.78 is 0. The van der Waals surface area contributed by atoms with E-state index >= 15 is 0 Å². The second kappa shape index (κ2) is 6.24. The molecule has 6 nitrogen and oxygen atoms in total. The van der Waals surface area contributed by atoms with Crippen molar-refractivity contribution in [2.24, 2.45) is 0 Å². The van der Waals surface area contributed by atoms with Gasteiger partial charge in [-0.25, -0.2) is 0 Å². The summed E-state index contributed by atoms with van der Waals surface area (Å²) in [5.41, 5.74) is 2.30. The van der Waals surface area contributed by atoms with Gasteiger partial charge < -0.3 is 15.2 Å². The van der Waals surface area contributed by atoms with Gasteiger partial charge in [0.15, 0.2) is 0 Å². The fourth-order valence-corrected chi connectivity index (χ4v) is 2.91. The predicted octanol–water partition coefficient (Wildman–Crippen LogP) is 1.91. The third kappa shape index (κ3) is 3.22. The molecule has 6 heteroatoms. The molecule has 0 aliphatic carbocycles. The highest BCUT2D eigenvalue weighted by atomic mass is 16.6. The smallest absolute Gasteiger partial charge is 0.270 e. The molecule has 21 heavy (non-hydrogen) atoms. The Balaban J connectivity index is 1.65. The third-order valence-corrected chi connectivity index (χ3v) is 4.09. The number of aromatic nitrogens is 1. The molecule has 1 aliphatic heterocycles. The molecule has 0 unspecified atom stereocenters. The van der Waals surface area contributed by atoms with E-state index in [1.54, 1.807) is 18.2 Å². The molecule has 1 saturated heterocycles. The number of nitrogens with zero attached hydrogens (tertiary/aromatic N) is 2. The molecule has 0 atom stereocenters. The molecule has 1 fully saturated rings. The number of non-ortho nitro benzene ring substituents is 1. The number of nitro benzene ring substituents is 1. The summed E-state index contributed by atoms with van der Waals surface area (Å²) in [6.45, 7) is 5.44. The van der Waals surface area contributed by atoms with Crippen LogP contribution >= 0.6 is 0 Å². The fourth-order valence-electron chi connectivity index (χ4n) is 2.91. The number of nitrogens with one attached hydrogen (secondary N) is 2. The van der Waals surface area contributed by atoms with Gasteiger partial charge in [0.2, 0.25) is 0 Å². The zero-order chi connectivity index (χ0) is 14.7. The van der Waals surface area contributed by atoms with Crippen molar-refractivity contribution in [3.63, 3.8) is 0 Å². The number of rotatable bonds is 5. The maximum atomic E-state index is 10.9. The number of fused-ring (bicyclic) bond motifs is 1.